The number of hydrogen-bond acceptors (Lipinski definition) is 3. The number of methoxy groups -OCH3 is 1. The average Bonchev–Trinajstić information content (AvgIpc) is 2.30. The number of ether oxygens (including phenoxy) is 1. The first kappa shape index (κ1) is 13.5. The molecule has 1 aliphatic heterocycles. The van der Waals surface area contributed by atoms with Crippen molar-refractivity contribution < 1.29 is 9.53 Å². The Hall–Kier alpha value is -0.610. The molecule has 1 rings (SSSR count). The summed E-state index contributed by atoms with van der Waals surface area (Å²) in [6.07, 6.45) is 3.09. The van der Waals surface area contributed by atoms with E-state index in [1.165, 1.54) is 12.8 Å². The van der Waals surface area contributed by atoms with Crippen molar-refractivity contribution in [2.75, 3.05) is 39.9 Å². The molecular weight excluding hydrogens is 204 g/mol. The Morgan fingerprint density at radius 3 is 3.06 bits per heavy atom. The second-order valence-corrected chi connectivity index (χ2v) is 4.47. The Balaban J connectivity index is 2.14. The minimum absolute atomic E-state index is 0.144. The number of rotatable bonds is 6. The Kier molecular flexibility index (Phi) is 6.42. The summed E-state index contributed by atoms with van der Waals surface area (Å²) >= 11 is 0. The van der Waals surface area contributed by atoms with Crippen molar-refractivity contribution in [3.63, 3.8) is 0 Å². The van der Waals surface area contributed by atoms with Crippen LogP contribution in [0.15, 0.2) is 0 Å². The number of piperidine rings is 1. The van der Waals surface area contributed by atoms with Crippen molar-refractivity contribution in [3.8, 4) is 0 Å². The summed E-state index contributed by atoms with van der Waals surface area (Å²) in [6.45, 7) is 6.74. The molecule has 0 aromatic heterocycles. The van der Waals surface area contributed by atoms with Gasteiger partial charge >= 0.3 is 0 Å². The van der Waals surface area contributed by atoms with E-state index in [4.69, 9.17) is 4.74 Å². The lowest BCUT2D eigenvalue weighted by Crippen LogP contribution is -2.41. The molecule has 1 unspecified atom stereocenters. The highest BCUT2D eigenvalue weighted by atomic mass is 16.5. The number of carbonyl (C=O) groups is 1. The molecule has 1 amide bonds. The molecule has 4 nitrogen and oxygen atoms in total. The van der Waals surface area contributed by atoms with Gasteiger partial charge in [0.2, 0.25) is 5.91 Å². The van der Waals surface area contributed by atoms with Gasteiger partial charge in [0, 0.05) is 33.2 Å². The van der Waals surface area contributed by atoms with Crippen LogP contribution in [0.25, 0.3) is 0 Å². The first-order valence-electron chi connectivity index (χ1n) is 6.24. The molecule has 1 saturated heterocycles. The van der Waals surface area contributed by atoms with Gasteiger partial charge in [0.05, 0.1) is 6.61 Å². The largest absolute Gasteiger partial charge is 0.384 e. The van der Waals surface area contributed by atoms with E-state index >= 15 is 0 Å². The summed E-state index contributed by atoms with van der Waals surface area (Å²) < 4.78 is 5.19. The van der Waals surface area contributed by atoms with E-state index in [0.29, 0.717) is 12.3 Å². The lowest BCUT2D eigenvalue weighted by molar-refractivity contribution is -0.120. The zero-order valence-corrected chi connectivity index (χ0v) is 10.5. The highest BCUT2D eigenvalue weighted by molar-refractivity contribution is 5.75. The fraction of sp³-hybridized carbons (Fsp3) is 0.917. The Morgan fingerprint density at radius 2 is 2.38 bits per heavy atom. The number of nitrogens with one attached hydrogen (secondary N) is 1. The van der Waals surface area contributed by atoms with E-state index in [9.17, 15) is 4.79 Å². The van der Waals surface area contributed by atoms with Crippen LogP contribution in [0.1, 0.15) is 26.2 Å². The van der Waals surface area contributed by atoms with Crippen molar-refractivity contribution in [2.45, 2.75) is 26.2 Å². The van der Waals surface area contributed by atoms with Gasteiger partial charge in [-0.1, -0.05) is 6.92 Å². The highest BCUT2D eigenvalue weighted by Gasteiger charge is 2.19. The van der Waals surface area contributed by atoms with Crippen LogP contribution < -0.4 is 5.32 Å². The fourth-order valence-electron chi connectivity index (χ4n) is 2.20. The standard InChI is InChI=1S/C12H24N2O2/c1-3-12(15)13-6-8-14-7-4-5-11(9-14)10-16-2/h11H,3-10H2,1-2H3,(H,13,15). The van der Waals surface area contributed by atoms with E-state index in [2.05, 4.69) is 10.2 Å². The van der Waals surface area contributed by atoms with Gasteiger partial charge in [-0.15, -0.1) is 0 Å². The molecule has 16 heavy (non-hydrogen) atoms. The van der Waals surface area contributed by atoms with Gasteiger partial charge in [-0.05, 0) is 25.3 Å². The van der Waals surface area contributed by atoms with Gasteiger partial charge in [-0.2, -0.15) is 0 Å². The third-order valence-electron chi connectivity index (χ3n) is 3.08. The smallest absolute Gasteiger partial charge is 0.219 e. The zero-order chi connectivity index (χ0) is 11.8. The van der Waals surface area contributed by atoms with Crippen molar-refractivity contribution in [1.29, 1.82) is 0 Å². The average molecular weight is 228 g/mol. The summed E-state index contributed by atoms with van der Waals surface area (Å²) in [4.78, 5) is 13.5. The number of nitrogens with zero attached hydrogens (tertiary/aromatic N) is 1. The summed E-state index contributed by atoms with van der Waals surface area (Å²) in [6, 6.07) is 0. The monoisotopic (exact) mass is 228 g/mol. The maximum atomic E-state index is 11.1. The molecule has 0 saturated carbocycles. The van der Waals surface area contributed by atoms with Crippen molar-refractivity contribution in [1.82, 2.24) is 10.2 Å². The summed E-state index contributed by atoms with van der Waals surface area (Å²) in [5, 5.41) is 2.91. The van der Waals surface area contributed by atoms with Crippen LogP contribution in [0.3, 0.4) is 0 Å². The van der Waals surface area contributed by atoms with E-state index in [1.807, 2.05) is 6.92 Å². The Bertz CT molecular complexity index is 207. The molecule has 1 aliphatic rings. The maximum Gasteiger partial charge on any atom is 0.219 e. The third-order valence-corrected chi connectivity index (χ3v) is 3.08. The van der Waals surface area contributed by atoms with E-state index in [1.54, 1.807) is 7.11 Å². The molecule has 94 valence electrons. The minimum Gasteiger partial charge on any atom is -0.384 e. The minimum atomic E-state index is 0.144. The van der Waals surface area contributed by atoms with Gasteiger partial charge in [-0.3, -0.25) is 4.79 Å². The lowest BCUT2D eigenvalue weighted by atomic mass is 9.99. The molecule has 0 spiro atoms. The topological polar surface area (TPSA) is 41.6 Å². The van der Waals surface area contributed by atoms with Crippen molar-refractivity contribution >= 4 is 5.91 Å². The zero-order valence-electron chi connectivity index (χ0n) is 10.5. The van der Waals surface area contributed by atoms with Crippen LogP contribution in [0.2, 0.25) is 0 Å². The van der Waals surface area contributed by atoms with Crippen LogP contribution in [0, 0.1) is 5.92 Å². The molecule has 1 fully saturated rings. The van der Waals surface area contributed by atoms with Gasteiger partial charge in [0.1, 0.15) is 0 Å². The molecule has 0 bridgehead atoms. The van der Waals surface area contributed by atoms with Crippen LogP contribution in [-0.2, 0) is 9.53 Å². The molecule has 1 heterocycles. The number of amides is 1. The SMILES string of the molecule is CCC(=O)NCCN1CCCC(COC)C1. The summed E-state index contributed by atoms with van der Waals surface area (Å²) in [5.74, 6) is 0.811. The molecular formula is C12H24N2O2. The van der Waals surface area contributed by atoms with E-state index < -0.39 is 0 Å². The quantitative estimate of drug-likeness (QED) is 0.733. The van der Waals surface area contributed by atoms with Gasteiger partial charge in [-0.25, -0.2) is 0 Å². The third kappa shape index (κ3) is 4.94. The first-order chi connectivity index (χ1) is 7.76. The van der Waals surface area contributed by atoms with Crippen LogP contribution in [0.4, 0.5) is 0 Å². The first-order valence-corrected chi connectivity index (χ1v) is 6.24. The Morgan fingerprint density at radius 1 is 1.56 bits per heavy atom. The molecule has 0 aromatic carbocycles. The lowest BCUT2D eigenvalue weighted by Gasteiger charge is -2.32. The van der Waals surface area contributed by atoms with Gasteiger partial charge in [0.15, 0.2) is 0 Å². The maximum absolute atomic E-state index is 11.1. The molecule has 0 radical (unpaired) electrons. The number of hydrogen-bond donors (Lipinski definition) is 1. The van der Waals surface area contributed by atoms with Crippen LogP contribution >= 0.6 is 0 Å². The van der Waals surface area contributed by atoms with Gasteiger partial charge in [0.25, 0.3) is 0 Å². The predicted molar refractivity (Wildman–Crippen MR) is 64.3 cm³/mol. The van der Waals surface area contributed by atoms with Crippen LogP contribution in [-0.4, -0.2) is 50.7 Å². The number of carbonyl (C=O) groups excluding carboxylic acids is 1. The number of likely N-dealkylation sites (tertiary alicyclic amines) is 1. The molecule has 0 aromatic rings. The molecule has 1 atom stereocenters. The van der Waals surface area contributed by atoms with Crippen LogP contribution in [0.5, 0.6) is 0 Å². The second-order valence-electron chi connectivity index (χ2n) is 4.47. The van der Waals surface area contributed by atoms with Gasteiger partial charge < -0.3 is 15.0 Å². The highest BCUT2D eigenvalue weighted by Crippen LogP contribution is 2.15. The predicted octanol–water partition coefficient (Wildman–Crippen LogP) is 0.871. The normalized spacial score (nSPS) is 22.0. The Labute approximate surface area is 98.3 Å². The molecule has 4 heteroatoms. The molecule has 1 N–H and O–H groups in total. The van der Waals surface area contributed by atoms with E-state index in [0.717, 1.165) is 32.8 Å². The van der Waals surface area contributed by atoms with E-state index in [-0.39, 0.29) is 5.91 Å². The van der Waals surface area contributed by atoms with Crippen molar-refractivity contribution in [2.24, 2.45) is 5.92 Å². The fourth-order valence-corrected chi connectivity index (χ4v) is 2.20. The summed E-state index contributed by atoms with van der Waals surface area (Å²) in [5.41, 5.74) is 0. The van der Waals surface area contributed by atoms with Crippen molar-refractivity contribution in [3.05, 3.63) is 0 Å². The second kappa shape index (κ2) is 7.63. The molecule has 0 aliphatic carbocycles. The summed E-state index contributed by atoms with van der Waals surface area (Å²) in [7, 11) is 1.76.